The van der Waals surface area contributed by atoms with Gasteiger partial charge in [0, 0.05) is 50.5 Å². The van der Waals surface area contributed by atoms with Crippen LogP contribution < -0.4 is 16.0 Å². The molecule has 2 aromatic carbocycles. The number of ketones is 1. The maximum absolute atomic E-state index is 12.5. The van der Waals surface area contributed by atoms with E-state index in [0.29, 0.717) is 23.5 Å². The van der Waals surface area contributed by atoms with Gasteiger partial charge in [-0.3, -0.25) is 14.7 Å². The first-order chi connectivity index (χ1) is 15.7. The molecule has 2 amide bonds. The summed E-state index contributed by atoms with van der Waals surface area (Å²) in [5.74, 6) is -0.146. The van der Waals surface area contributed by atoms with Gasteiger partial charge in [-0.05, 0) is 48.6 Å². The Balaban J connectivity index is 1.27. The van der Waals surface area contributed by atoms with E-state index in [0.717, 1.165) is 43.8 Å². The molecule has 0 unspecified atom stereocenters. The smallest absolute Gasteiger partial charge is 0.319 e. The molecule has 8 heteroatoms. The van der Waals surface area contributed by atoms with Gasteiger partial charge >= 0.3 is 6.03 Å². The first kappa shape index (κ1) is 21.6. The minimum absolute atomic E-state index is 0.146. The molecule has 4 rings (SSSR count). The van der Waals surface area contributed by atoms with Crippen molar-refractivity contribution in [3.63, 3.8) is 0 Å². The lowest BCUT2D eigenvalue weighted by Gasteiger charge is -2.27. The number of benzene rings is 2. The first-order valence-corrected chi connectivity index (χ1v) is 10.7. The SMILES string of the molecule is O=C(NCCN1CCNCC1)Nc1ccc(C(=O)/C=C/c2cnc3ccccc3n2)cc1. The minimum Gasteiger partial charge on any atom is -0.337 e. The predicted molar refractivity (Wildman–Crippen MR) is 126 cm³/mol. The number of anilines is 1. The minimum atomic E-state index is -0.256. The summed E-state index contributed by atoms with van der Waals surface area (Å²) in [7, 11) is 0. The Morgan fingerprint density at radius 2 is 1.78 bits per heavy atom. The van der Waals surface area contributed by atoms with E-state index in [1.807, 2.05) is 24.3 Å². The molecule has 0 bridgehead atoms. The van der Waals surface area contributed by atoms with E-state index < -0.39 is 0 Å². The summed E-state index contributed by atoms with van der Waals surface area (Å²) in [5.41, 5.74) is 3.37. The Hall–Kier alpha value is -3.62. The maximum atomic E-state index is 12.5. The van der Waals surface area contributed by atoms with Gasteiger partial charge in [0.2, 0.25) is 0 Å². The van der Waals surface area contributed by atoms with E-state index in [4.69, 9.17) is 0 Å². The van der Waals surface area contributed by atoms with Gasteiger partial charge in [-0.25, -0.2) is 9.78 Å². The summed E-state index contributed by atoms with van der Waals surface area (Å²) in [6.45, 7) is 5.40. The van der Waals surface area contributed by atoms with Crippen molar-refractivity contribution in [2.24, 2.45) is 0 Å². The van der Waals surface area contributed by atoms with Crippen molar-refractivity contribution in [3.8, 4) is 0 Å². The number of hydrogen-bond donors (Lipinski definition) is 3. The fraction of sp³-hybridized carbons (Fsp3) is 0.250. The van der Waals surface area contributed by atoms with Crippen molar-refractivity contribution in [3.05, 3.63) is 72.1 Å². The van der Waals surface area contributed by atoms with Gasteiger partial charge < -0.3 is 16.0 Å². The molecule has 1 saturated heterocycles. The van der Waals surface area contributed by atoms with Crippen LogP contribution in [-0.4, -0.2) is 66.0 Å². The molecule has 32 heavy (non-hydrogen) atoms. The summed E-state index contributed by atoms with van der Waals surface area (Å²) < 4.78 is 0. The number of nitrogens with one attached hydrogen (secondary N) is 3. The van der Waals surface area contributed by atoms with Crippen molar-refractivity contribution in [2.75, 3.05) is 44.6 Å². The van der Waals surface area contributed by atoms with Crippen molar-refractivity contribution in [1.29, 1.82) is 0 Å². The number of para-hydroxylation sites is 2. The Kier molecular flexibility index (Phi) is 7.16. The third-order valence-electron chi connectivity index (χ3n) is 5.22. The van der Waals surface area contributed by atoms with E-state index in [1.54, 1.807) is 36.5 Å². The Labute approximate surface area is 186 Å². The molecule has 0 spiro atoms. The average molecular weight is 431 g/mol. The van der Waals surface area contributed by atoms with Gasteiger partial charge in [-0.15, -0.1) is 0 Å². The van der Waals surface area contributed by atoms with Crippen LogP contribution in [0.5, 0.6) is 0 Å². The number of allylic oxidation sites excluding steroid dienone is 1. The number of piperazine rings is 1. The summed E-state index contributed by atoms with van der Waals surface area (Å²) in [5, 5.41) is 8.96. The molecule has 3 N–H and O–H groups in total. The van der Waals surface area contributed by atoms with Crippen LogP contribution in [0.25, 0.3) is 17.1 Å². The molecule has 1 fully saturated rings. The highest BCUT2D eigenvalue weighted by atomic mass is 16.2. The summed E-state index contributed by atoms with van der Waals surface area (Å²) in [6.07, 6.45) is 4.77. The van der Waals surface area contributed by atoms with Gasteiger partial charge in [-0.2, -0.15) is 0 Å². The van der Waals surface area contributed by atoms with Crippen molar-refractivity contribution in [2.45, 2.75) is 0 Å². The van der Waals surface area contributed by atoms with E-state index in [2.05, 4.69) is 30.8 Å². The third kappa shape index (κ3) is 5.96. The standard InChI is InChI=1S/C24H26N6O2/c31-23(10-9-20-17-27-21-3-1-2-4-22(21)28-20)18-5-7-19(8-6-18)29-24(32)26-13-16-30-14-11-25-12-15-30/h1-10,17,25H,11-16H2,(H2,26,29,32)/b10-9+. The third-order valence-corrected chi connectivity index (χ3v) is 5.22. The average Bonchev–Trinajstić information content (AvgIpc) is 2.83. The van der Waals surface area contributed by atoms with Crippen LogP contribution in [-0.2, 0) is 0 Å². The Bertz CT molecular complexity index is 1110. The van der Waals surface area contributed by atoms with Crippen molar-refractivity contribution < 1.29 is 9.59 Å². The van der Waals surface area contributed by atoms with E-state index in [9.17, 15) is 9.59 Å². The first-order valence-electron chi connectivity index (χ1n) is 10.7. The van der Waals surface area contributed by atoms with Crippen LogP contribution in [0.15, 0.2) is 60.8 Å². The van der Waals surface area contributed by atoms with Gasteiger partial charge in [0.15, 0.2) is 5.78 Å². The van der Waals surface area contributed by atoms with Crippen molar-refractivity contribution >= 4 is 34.6 Å². The molecule has 0 atom stereocenters. The monoisotopic (exact) mass is 430 g/mol. The van der Waals surface area contributed by atoms with Crippen LogP contribution in [0.1, 0.15) is 16.1 Å². The van der Waals surface area contributed by atoms with Crippen LogP contribution in [0.3, 0.4) is 0 Å². The second-order valence-corrected chi connectivity index (χ2v) is 7.53. The predicted octanol–water partition coefficient (Wildman–Crippen LogP) is 2.55. The number of aromatic nitrogens is 2. The lowest BCUT2D eigenvalue weighted by molar-refractivity contribution is 0.104. The quantitative estimate of drug-likeness (QED) is 0.394. The number of amides is 2. The van der Waals surface area contributed by atoms with Crippen LogP contribution in [0, 0.1) is 0 Å². The normalized spacial score (nSPS) is 14.5. The number of fused-ring (bicyclic) bond motifs is 1. The summed E-state index contributed by atoms with van der Waals surface area (Å²) in [4.78, 5) is 35.7. The summed E-state index contributed by atoms with van der Waals surface area (Å²) >= 11 is 0. The number of nitrogens with zero attached hydrogens (tertiary/aromatic N) is 3. The lowest BCUT2D eigenvalue weighted by atomic mass is 10.1. The molecule has 1 aliphatic rings. The number of hydrogen-bond acceptors (Lipinski definition) is 6. The van der Waals surface area contributed by atoms with Crippen molar-refractivity contribution in [1.82, 2.24) is 25.5 Å². The fourth-order valence-electron chi connectivity index (χ4n) is 3.46. The van der Waals surface area contributed by atoms with Gasteiger partial charge in [0.05, 0.1) is 22.9 Å². The molecule has 3 aromatic rings. The summed E-state index contributed by atoms with van der Waals surface area (Å²) in [6, 6.07) is 14.1. The largest absolute Gasteiger partial charge is 0.337 e. The second-order valence-electron chi connectivity index (χ2n) is 7.53. The Morgan fingerprint density at radius 1 is 1.03 bits per heavy atom. The van der Waals surface area contributed by atoms with Crippen LogP contribution in [0.2, 0.25) is 0 Å². The number of rotatable bonds is 7. The molecule has 2 heterocycles. The molecule has 8 nitrogen and oxygen atoms in total. The topological polar surface area (TPSA) is 99.2 Å². The maximum Gasteiger partial charge on any atom is 0.319 e. The van der Waals surface area contributed by atoms with Gasteiger partial charge in [0.25, 0.3) is 0 Å². The molecule has 1 aliphatic heterocycles. The second kappa shape index (κ2) is 10.6. The van der Waals surface area contributed by atoms with E-state index in [1.165, 1.54) is 6.08 Å². The van der Waals surface area contributed by atoms with E-state index >= 15 is 0 Å². The molecule has 0 saturated carbocycles. The number of carbonyl (C=O) groups is 2. The van der Waals surface area contributed by atoms with Crippen LogP contribution >= 0.6 is 0 Å². The Morgan fingerprint density at radius 3 is 2.56 bits per heavy atom. The highest BCUT2D eigenvalue weighted by Crippen LogP contribution is 2.12. The molecule has 164 valence electrons. The molecule has 1 aromatic heterocycles. The zero-order valence-electron chi connectivity index (χ0n) is 17.8. The fourth-order valence-corrected chi connectivity index (χ4v) is 3.46. The zero-order chi connectivity index (χ0) is 22.2. The highest BCUT2D eigenvalue weighted by Gasteiger charge is 2.09. The molecule has 0 radical (unpaired) electrons. The van der Waals surface area contributed by atoms with Gasteiger partial charge in [-0.1, -0.05) is 12.1 Å². The molecule has 0 aliphatic carbocycles. The molecular formula is C24H26N6O2. The number of carbonyl (C=O) groups excluding carboxylic acids is 2. The van der Waals surface area contributed by atoms with Gasteiger partial charge in [0.1, 0.15) is 0 Å². The molecular weight excluding hydrogens is 404 g/mol. The van der Waals surface area contributed by atoms with Crippen LogP contribution in [0.4, 0.5) is 10.5 Å². The number of urea groups is 1. The highest BCUT2D eigenvalue weighted by molar-refractivity contribution is 6.07. The van der Waals surface area contributed by atoms with E-state index in [-0.39, 0.29) is 11.8 Å². The lowest BCUT2D eigenvalue weighted by Crippen LogP contribution is -2.46. The zero-order valence-corrected chi connectivity index (χ0v) is 17.8.